The topological polar surface area (TPSA) is 76.3 Å². The number of nitriles is 1. The van der Waals surface area contributed by atoms with Crippen LogP contribution >= 0.6 is 0 Å². The summed E-state index contributed by atoms with van der Waals surface area (Å²) >= 11 is 0. The molecule has 1 heterocycles. The van der Waals surface area contributed by atoms with Crippen LogP contribution in [-0.4, -0.2) is 36.0 Å². The normalized spacial score (nSPS) is 14.8. The van der Waals surface area contributed by atoms with Gasteiger partial charge in [-0.25, -0.2) is 18.0 Å². The number of fused-ring (bicyclic) bond motifs is 1. The molecule has 0 aliphatic heterocycles. The van der Waals surface area contributed by atoms with Crippen molar-refractivity contribution in [2.24, 2.45) is 0 Å². The van der Waals surface area contributed by atoms with Crippen molar-refractivity contribution < 1.29 is 40.6 Å². The standard InChI is InChI=1S/C25H21F6N3O3/c1-13(25(29,30)31)37-24(35)33-20-8-5-14(9-19(20)26)23-18(11-32)17-7-6-16(36-12-22(27)28)10-21(17)34(23)15-3-2-4-15/h5-10,13,15,22H,2-4,12H2,1H3,(H,33,35). The van der Waals surface area contributed by atoms with E-state index in [-0.39, 0.29) is 22.9 Å². The lowest BCUT2D eigenvalue weighted by atomic mass is 9.92. The number of rotatable bonds is 7. The third kappa shape index (κ3) is 5.45. The molecule has 0 spiro atoms. The quantitative estimate of drug-likeness (QED) is 0.332. The van der Waals surface area contributed by atoms with Crippen LogP contribution in [0.25, 0.3) is 22.2 Å². The number of carbonyl (C=O) groups is 1. The van der Waals surface area contributed by atoms with Crippen molar-refractivity contribution in [3.63, 3.8) is 0 Å². The number of hydrogen-bond acceptors (Lipinski definition) is 4. The minimum atomic E-state index is -4.77. The number of benzene rings is 2. The molecule has 3 aromatic rings. The first-order valence-corrected chi connectivity index (χ1v) is 11.3. The second-order valence-electron chi connectivity index (χ2n) is 8.58. The lowest BCUT2D eigenvalue weighted by Gasteiger charge is -2.30. The van der Waals surface area contributed by atoms with Gasteiger partial charge in [0.25, 0.3) is 6.43 Å². The molecule has 1 amide bonds. The van der Waals surface area contributed by atoms with Gasteiger partial charge in [-0.3, -0.25) is 5.32 Å². The third-order valence-electron chi connectivity index (χ3n) is 6.13. The van der Waals surface area contributed by atoms with E-state index in [1.165, 1.54) is 12.1 Å². The average Bonchev–Trinajstić information content (AvgIpc) is 3.10. The Morgan fingerprint density at radius 1 is 1.22 bits per heavy atom. The van der Waals surface area contributed by atoms with Crippen molar-refractivity contribution in [1.82, 2.24) is 4.57 Å². The Balaban J connectivity index is 1.72. The van der Waals surface area contributed by atoms with Gasteiger partial charge in [-0.15, -0.1) is 0 Å². The van der Waals surface area contributed by atoms with Crippen LogP contribution in [0.1, 0.15) is 37.8 Å². The van der Waals surface area contributed by atoms with Gasteiger partial charge in [-0.2, -0.15) is 18.4 Å². The summed E-state index contributed by atoms with van der Waals surface area (Å²) in [6, 6.07) is 10.4. The summed E-state index contributed by atoms with van der Waals surface area (Å²) in [5, 5.41) is 12.4. The van der Waals surface area contributed by atoms with Crippen molar-refractivity contribution in [3.05, 3.63) is 47.8 Å². The summed E-state index contributed by atoms with van der Waals surface area (Å²) in [6.07, 6.45) is -8.79. The first kappa shape index (κ1) is 26.2. The molecule has 1 atom stereocenters. The van der Waals surface area contributed by atoms with E-state index in [1.807, 2.05) is 9.88 Å². The molecular weight excluding hydrogens is 504 g/mol. The predicted octanol–water partition coefficient (Wildman–Crippen LogP) is 7.19. The molecule has 1 unspecified atom stereocenters. The van der Waals surface area contributed by atoms with Gasteiger partial charge in [0, 0.05) is 23.1 Å². The fourth-order valence-electron chi connectivity index (χ4n) is 4.09. The molecule has 1 saturated carbocycles. The first-order valence-electron chi connectivity index (χ1n) is 11.3. The number of halogens is 6. The van der Waals surface area contributed by atoms with Crippen LogP contribution in [0.4, 0.5) is 36.8 Å². The molecule has 37 heavy (non-hydrogen) atoms. The van der Waals surface area contributed by atoms with Gasteiger partial charge in [0.05, 0.1) is 22.5 Å². The van der Waals surface area contributed by atoms with Gasteiger partial charge < -0.3 is 14.0 Å². The fraction of sp³-hybridized carbons (Fsp3) is 0.360. The van der Waals surface area contributed by atoms with E-state index in [9.17, 15) is 36.4 Å². The highest BCUT2D eigenvalue weighted by atomic mass is 19.4. The van der Waals surface area contributed by atoms with Gasteiger partial charge >= 0.3 is 12.3 Å². The molecule has 0 radical (unpaired) electrons. The number of anilines is 1. The number of nitrogens with zero attached hydrogens (tertiary/aromatic N) is 2. The lowest BCUT2D eigenvalue weighted by Crippen LogP contribution is -2.32. The average molecular weight is 525 g/mol. The van der Waals surface area contributed by atoms with Crippen LogP contribution in [0, 0.1) is 17.1 Å². The molecule has 1 fully saturated rings. The van der Waals surface area contributed by atoms with Crippen molar-refractivity contribution >= 4 is 22.7 Å². The van der Waals surface area contributed by atoms with Gasteiger partial charge in [-0.1, -0.05) is 6.07 Å². The minimum Gasteiger partial charge on any atom is -0.488 e. The first-order chi connectivity index (χ1) is 17.5. The maximum absolute atomic E-state index is 15.0. The summed E-state index contributed by atoms with van der Waals surface area (Å²) < 4.78 is 89.3. The summed E-state index contributed by atoms with van der Waals surface area (Å²) in [5.74, 6) is -0.761. The molecule has 0 saturated heterocycles. The predicted molar refractivity (Wildman–Crippen MR) is 122 cm³/mol. The zero-order valence-corrected chi connectivity index (χ0v) is 19.4. The monoisotopic (exact) mass is 525 g/mol. The maximum Gasteiger partial charge on any atom is 0.425 e. The van der Waals surface area contributed by atoms with Crippen LogP contribution < -0.4 is 10.1 Å². The van der Waals surface area contributed by atoms with E-state index in [1.54, 1.807) is 12.1 Å². The lowest BCUT2D eigenvalue weighted by molar-refractivity contribution is -0.196. The summed E-state index contributed by atoms with van der Waals surface area (Å²) in [7, 11) is 0. The van der Waals surface area contributed by atoms with Crippen molar-refractivity contribution in [2.75, 3.05) is 11.9 Å². The summed E-state index contributed by atoms with van der Waals surface area (Å²) in [4.78, 5) is 11.8. The highest BCUT2D eigenvalue weighted by Gasteiger charge is 2.39. The van der Waals surface area contributed by atoms with E-state index in [0.29, 0.717) is 23.5 Å². The number of amides is 1. The van der Waals surface area contributed by atoms with E-state index in [2.05, 4.69) is 10.8 Å². The molecule has 196 valence electrons. The molecule has 1 aliphatic rings. The Morgan fingerprint density at radius 3 is 2.51 bits per heavy atom. The number of alkyl halides is 5. The SMILES string of the molecule is CC(OC(=O)Nc1ccc(-c2c(C#N)c3ccc(OCC(F)F)cc3n2C2CCC2)cc1F)C(F)(F)F. The zero-order valence-electron chi connectivity index (χ0n) is 19.4. The van der Waals surface area contributed by atoms with Crippen molar-refractivity contribution in [2.45, 2.75) is 50.9 Å². The fourth-order valence-corrected chi connectivity index (χ4v) is 4.09. The Morgan fingerprint density at radius 2 is 1.95 bits per heavy atom. The van der Waals surface area contributed by atoms with E-state index < -0.39 is 42.9 Å². The van der Waals surface area contributed by atoms with Gasteiger partial charge in [-0.05, 0) is 50.5 Å². The highest BCUT2D eigenvalue weighted by Crippen LogP contribution is 2.43. The Bertz CT molecular complexity index is 1360. The maximum atomic E-state index is 15.0. The second-order valence-corrected chi connectivity index (χ2v) is 8.58. The number of nitrogens with one attached hydrogen (secondary N) is 1. The smallest absolute Gasteiger partial charge is 0.425 e. The zero-order chi connectivity index (χ0) is 26.9. The van der Waals surface area contributed by atoms with Crippen LogP contribution in [0.15, 0.2) is 36.4 Å². The number of carbonyl (C=O) groups excluding carboxylic acids is 1. The van der Waals surface area contributed by atoms with Crippen LogP contribution in [-0.2, 0) is 4.74 Å². The van der Waals surface area contributed by atoms with E-state index in [4.69, 9.17) is 4.74 Å². The van der Waals surface area contributed by atoms with E-state index in [0.717, 1.165) is 31.4 Å². The van der Waals surface area contributed by atoms with Gasteiger partial charge in [0.2, 0.25) is 0 Å². The Labute approximate surface area is 207 Å². The summed E-state index contributed by atoms with van der Waals surface area (Å²) in [5.41, 5.74) is 1.08. The minimum absolute atomic E-state index is 0.0235. The molecule has 1 aliphatic carbocycles. The van der Waals surface area contributed by atoms with Crippen LogP contribution in [0.3, 0.4) is 0 Å². The molecule has 4 rings (SSSR count). The second kappa shape index (κ2) is 10.2. The number of ether oxygens (including phenoxy) is 2. The number of hydrogen-bond donors (Lipinski definition) is 1. The van der Waals surface area contributed by atoms with Gasteiger partial charge in [0.15, 0.2) is 6.10 Å². The molecule has 12 heteroatoms. The Hall–Kier alpha value is -3.88. The van der Waals surface area contributed by atoms with Crippen LogP contribution in [0.5, 0.6) is 5.75 Å². The molecular formula is C25H21F6N3O3. The van der Waals surface area contributed by atoms with Crippen molar-refractivity contribution in [1.29, 1.82) is 5.26 Å². The summed E-state index contributed by atoms with van der Waals surface area (Å²) in [6.45, 7) is -0.150. The Kier molecular flexibility index (Phi) is 7.25. The molecule has 1 N–H and O–H groups in total. The molecule has 0 bridgehead atoms. The van der Waals surface area contributed by atoms with E-state index >= 15 is 0 Å². The molecule has 6 nitrogen and oxygen atoms in total. The van der Waals surface area contributed by atoms with Crippen LogP contribution in [0.2, 0.25) is 0 Å². The largest absolute Gasteiger partial charge is 0.488 e. The molecule has 2 aromatic carbocycles. The van der Waals surface area contributed by atoms with Gasteiger partial charge in [0.1, 0.15) is 24.2 Å². The third-order valence-corrected chi connectivity index (χ3v) is 6.13. The van der Waals surface area contributed by atoms with Crippen molar-refractivity contribution in [3.8, 4) is 23.1 Å². The highest BCUT2D eigenvalue weighted by molar-refractivity contribution is 5.96. The number of aromatic nitrogens is 1. The molecule has 1 aromatic heterocycles.